The summed E-state index contributed by atoms with van der Waals surface area (Å²) in [5.74, 6) is -0.916. The van der Waals surface area contributed by atoms with Crippen LogP contribution in [-0.4, -0.2) is 15.8 Å². The number of aromatic amines is 1. The molecule has 7 nitrogen and oxygen atoms in total. The number of carbonyl (C=O) groups excluding carboxylic acids is 1. The van der Waals surface area contributed by atoms with Crippen LogP contribution in [0.1, 0.15) is 10.4 Å². The van der Waals surface area contributed by atoms with Gasteiger partial charge >= 0.3 is 0 Å². The fourth-order valence-corrected chi connectivity index (χ4v) is 1.78. The Bertz CT molecular complexity index is 721. The number of nitrogens with two attached hydrogens (primary N) is 1. The van der Waals surface area contributed by atoms with Crippen molar-refractivity contribution in [1.29, 1.82) is 0 Å². The number of aromatic nitrogens is 1. The Morgan fingerprint density at radius 1 is 1.26 bits per heavy atom. The Hall–Kier alpha value is -2.96. The second kappa shape index (κ2) is 4.73. The molecule has 0 spiro atoms. The van der Waals surface area contributed by atoms with Gasteiger partial charge in [0.1, 0.15) is 5.56 Å². The lowest BCUT2D eigenvalue weighted by Gasteiger charge is -2.05. The number of nitrogens with one attached hydrogen (secondary N) is 1. The van der Waals surface area contributed by atoms with Gasteiger partial charge in [0.15, 0.2) is 5.43 Å². The smallest absolute Gasteiger partial charge is 0.290 e. The lowest BCUT2D eigenvalue weighted by atomic mass is 10.0. The zero-order chi connectivity index (χ0) is 14.0. The Morgan fingerprint density at radius 3 is 2.58 bits per heavy atom. The van der Waals surface area contributed by atoms with Gasteiger partial charge in [0.05, 0.1) is 16.1 Å². The molecule has 1 heterocycles. The minimum atomic E-state index is -0.916. The molecule has 1 aromatic heterocycles. The van der Waals surface area contributed by atoms with Gasteiger partial charge in [-0.25, -0.2) is 0 Å². The molecular formula is C12H9N3O4. The standard InChI is InChI=1S/C12H9N3O4/c13-12(17)8-3-1-2-7(11(8)15(18)19)9-6-14-5-4-10(9)16/h1-6H,(H2,13,17)(H,14,16). The molecule has 0 radical (unpaired) electrons. The maximum Gasteiger partial charge on any atom is 0.290 e. The highest BCUT2D eigenvalue weighted by Crippen LogP contribution is 2.30. The van der Waals surface area contributed by atoms with E-state index in [-0.39, 0.29) is 22.1 Å². The van der Waals surface area contributed by atoms with Crippen LogP contribution in [0.25, 0.3) is 11.1 Å². The van der Waals surface area contributed by atoms with Gasteiger partial charge in [-0.2, -0.15) is 0 Å². The number of nitrogens with zero attached hydrogens (tertiary/aromatic N) is 1. The average Bonchev–Trinajstić information content (AvgIpc) is 2.38. The van der Waals surface area contributed by atoms with Gasteiger partial charge in [0.2, 0.25) is 0 Å². The molecule has 0 bridgehead atoms. The van der Waals surface area contributed by atoms with Crippen molar-refractivity contribution >= 4 is 11.6 Å². The highest BCUT2D eigenvalue weighted by Gasteiger charge is 2.24. The normalized spacial score (nSPS) is 10.1. The van der Waals surface area contributed by atoms with Crippen molar-refractivity contribution < 1.29 is 9.72 Å². The van der Waals surface area contributed by atoms with Gasteiger partial charge < -0.3 is 10.7 Å². The first-order valence-electron chi connectivity index (χ1n) is 5.27. The predicted octanol–water partition coefficient (Wildman–Crippen LogP) is 1.05. The maximum absolute atomic E-state index is 11.7. The number of nitro groups is 1. The molecule has 0 aliphatic rings. The number of amides is 1. The number of carbonyl (C=O) groups is 1. The molecule has 0 saturated carbocycles. The second-order valence-electron chi connectivity index (χ2n) is 3.75. The molecule has 96 valence electrons. The van der Waals surface area contributed by atoms with Crippen LogP contribution < -0.4 is 11.2 Å². The highest BCUT2D eigenvalue weighted by molar-refractivity contribution is 6.00. The first kappa shape index (κ1) is 12.5. The van der Waals surface area contributed by atoms with Crippen LogP contribution >= 0.6 is 0 Å². The Kier molecular flexibility index (Phi) is 3.11. The number of primary amides is 1. The summed E-state index contributed by atoms with van der Waals surface area (Å²) in [6.45, 7) is 0. The molecule has 19 heavy (non-hydrogen) atoms. The zero-order valence-electron chi connectivity index (χ0n) is 9.62. The maximum atomic E-state index is 11.7. The van der Waals surface area contributed by atoms with Crippen LogP contribution in [-0.2, 0) is 0 Å². The minimum Gasteiger partial charge on any atom is -0.367 e. The molecule has 0 atom stereocenters. The highest BCUT2D eigenvalue weighted by atomic mass is 16.6. The number of hydrogen-bond acceptors (Lipinski definition) is 4. The fourth-order valence-electron chi connectivity index (χ4n) is 1.78. The summed E-state index contributed by atoms with van der Waals surface area (Å²) in [4.78, 5) is 36.0. The molecule has 0 aliphatic carbocycles. The Balaban J connectivity index is 2.82. The van der Waals surface area contributed by atoms with Crippen molar-refractivity contribution in [3.63, 3.8) is 0 Å². The van der Waals surface area contributed by atoms with E-state index in [1.165, 1.54) is 36.7 Å². The van der Waals surface area contributed by atoms with Crippen LogP contribution in [0, 0.1) is 10.1 Å². The average molecular weight is 259 g/mol. The third kappa shape index (κ3) is 2.21. The third-order valence-electron chi connectivity index (χ3n) is 2.60. The summed E-state index contributed by atoms with van der Waals surface area (Å²) < 4.78 is 0. The molecule has 7 heteroatoms. The van der Waals surface area contributed by atoms with Crippen LogP contribution in [0.4, 0.5) is 5.69 Å². The van der Waals surface area contributed by atoms with Crippen LogP contribution in [0.3, 0.4) is 0 Å². The third-order valence-corrected chi connectivity index (χ3v) is 2.60. The number of rotatable bonds is 3. The number of H-pyrrole nitrogens is 1. The molecule has 0 aliphatic heterocycles. The number of hydrogen-bond donors (Lipinski definition) is 2. The van der Waals surface area contributed by atoms with Crippen molar-refractivity contribution in [1.82, 2.24) is 4.98 Å². The van der Waals surface area contributed by atoms with E-state index in [0.717, 1.165) is 0 Å². The number of nitro benzene ring substituents is 1. The largest absolute Gasteiger partial charge is 0.367 e. The van der Waals surface area contributed by atoms with Crippen LogP contribution in [0.2, 0.25) is 0 Å². The molecule has 1 amide bonds. The summed E-state index contributed by atoms with van der Waals surface area (Å²) in [6.07, 6.45) is 2.76. The molecular weight excluding hydrogens is 250 g/mol. The van der Waals surface area contributed by atoms with E-state index in [4.69, 9.17) is 5.73 Å². The Labute approximate surface area is 106 Å². The SMILES string of the molecule is NC(=O)c1cccc(-c2c[nH]ccc2=O)c1[N+](=O)[O-]. The molecule has 0 saturated heterocycles. The van der Waals surface area contributed by atoms with E-state index in [1.54, 1.807) is 0 Å². The minimum absolute atomic E-state index is 0.0585. The molecule has 2 aromatic rings. The number of pyridine rings is 1. The van der Waals surface area contributed by atoms with E-state index >= 15 is 0 Å². The zero-order valence-corrected chi connectivity index (χ0v) is 9.62. The topological polar surface area (TPSA) is 119 Å². The molecule has 1 aromatic carbocycles. The van der Waals surface area contributed by atoms with Gasteiger partial charge in [0.25, 0.3) is 11.6 Å². The van der Waals surface area contributed by atoms with Crippen LogP contribution in [0.15, 0.2) is 41.5 Å². The van der Waals surface area contributed by atoms with Gasteiger partial charge in [-0.05, 0) is 12.1 Å². The van der Waals surface area contributed by atoms with Crippen molar-refractivity contribution in [3.05, 3.63) is 62.6 Å². The summed E-state index contributed by atoms with van der Waals surface area (Å²) in [7, 11) is 0. The van der Waals surface area contributed by atoms with Gasteiger partial charge in [-0.1, -0.05) is 6.07 Å². The van der Waals surface area contributed by atoms with Crippen molar-refractivity contribution in [3.8, 4) is 11.1 Å². The monoisotopic (exact) mass is 259 g/mol. The fraction of sp³-hybridized carbons (Fsp3) is 0. The number of benzene rings is 1. The van der Waals surface area contributed by atoms with E-state index in [9.17, 15) is 19.7 Å². The van der Waals surface area contributed by atoms with Gasteiger partial charge in [-0.3, -0.25) is 19.7 Å². The van der Waals surface area contributed by atoms with E-state index in [1.807, 2.05) is 0 Å². The number of para-hydroxylation sites is 1. The molecule has 0 fully saturated rings. The van der Waals surface area contributed by atoms with Crippen molar-refractivity contribution in [2.75, 3.05) is 0 Å². The van der Waals surface area contributed by atoms with E-state index in [0.29, 0.717) is 0 Å². The van der Waals surface area contributed by atoms with Gasteiger partial charge in [-0.15, -0.1) is 0 Å². The summed E-state index contributed by atoms with van der Waals surface area (Å²) in [5.41, 5.74) is 4.19. The molecule has 0 unspecified atom stereocenters. The first-order chi connectivity index (χ1) is 9.02. The quantitative estimate of drug-likeness (QED) is 0.632. The van der Waals surface area contributed by atoms with Crippen molar-refractivity contribution in [2.45, 2.75) is 0 Å². The molecule has 3 N–H and O–H groups in total. The summed E-state index contributed by atoms with van der Waals surface area (Å²) >= 11 is 0. The first-order valence-corrected chi connectivity index (χ1v) is 5.27. The second-order valence-corrected chi connectivity index (χ2v) is 3.75. The van der Waals surface area contributed by atoms with E-state index < -0.39 is 16.5 Å². The lowest BCUT2D eigenvalue weighted by molar-refractivity contribution is -0.384. The van der Waals surface area contributed by atoms with Crippen LogP contribution in [0.5, 0.6) is 0 Å². The Morgan fingerprint density at radius 2 is 2.00 bits per heavy atom. The lowest BCUT2D eigenvalue weighted by Crippen LogP contribution is -2.14. The summed E-state index contributed by atoms with van der Waals surface area (Å²) in [5, 5.41) is 11.1. The van der Waals surface area contributed by atoms with Crippen molar-refractivity contribution in [2.24, 2.45) is 5.73 Å². The van der Waals surface area contributed by atoms with E-state index in [2.05, 4.69) is 4.98 Å². The predicted molar refractivity (Wildman–Crippen MR) is 67.7 cm³/mol. The molecule has 2 rings (SSSR count). The summed E-state index contributed by atoms with van der Waals surface area (Å²) in [6, 6.07) is 5.33. The van der Waals surface area contributed by atoms with Gasteiger partial charge in [0, 0.05) is 18.5 Å².